The molecule has 0 saturated carbocycles. The lowest BCUT2D eigenvalue weighted by atomic mass is 10.1. The molecule has 1 N–H and O–H groups in total. The maximum atomic E-state index is 12.1. The van der Waals surface area contributed by atoms with Crippen molar-refractivity contribution in [3.8, 4) is 5.75 Å². The van der Waals surface area contributed by atoms with Crippen LogP contribution in [0.5, 0.6) is 5.75 Å². The lowest BCUT2D eigenvalue weighted by molar-refractivity contribution is -0.138. The van der Waals surface area contributed by atoms with Crippen LogP contribution < -0.4 is 4.74 Å². The zero-order chi connectivity index (χ0) is 17.4. The summed E-state index contributed by atoms with van der Waals surface area (Å²) in [5.74, 6) is -0.0976. The van der Waals surface area contributed by atoms with E-state index in [1.807, 2.05) is 49.4 Å². The molecule has 0 unspecified atom stereocenters. The van der Waals surface area contributed by atoms with Crippen molar-refractivity contribution >= 4 is 22.6 Å². The molecule has 5 heteroatoms. The fraction of sp³-hybridized carbons (Fsp3) is 0.368. The number of rotatable bonds is 9. The highest BCUT2D eigenvalue weighted by molar-refractivity contribution is 5.88. The zero-order valence-corrected chi connectivity index (χ0v) is 13.9. The summed E-state index contributed by atoms with van der Waals surface area (Å²) in [6.07, 6.45) is 0.940. The summed E-state index contributed by atoms with van der Waals surface area (Å²) in [6.45, 7) is 3.09. The molecule has 0 fully saturated rings. The normalized spacial score (nSPS) is 10.5. The fourth-order valence-electron chi connectivity index (χ4n) is 2.57. The number of fused-ring (bicyclic) bond motifs is 1. The van der Waals surface area contributed by atoms with Gasteiger partial charge in [0.15, 0.2) is 0 Å². The van der Waals surface area contributed by atoms with Crippen LogP contribution in [0.3, 0.4) is 0 Å². The number of hydrogen-bond acceptors (Lipinski definition) is 3. The summed E-state index contributed by atoms with van der Waals surface area (Å²) in [7, 11) is 0. The van der Waals surface area contributed by atoms with Crippen LogP contribution in [0, 0.1) is 0 Å². The monoisotopic (exact) mass is 329 g/mol. The van der Waals surface area contributed by atoms with Gasteiger partial charge >= 0.3 is 5.97 Å². The van der Waals surface area contributed by atoms with Gasteiger partial charge in [-0.15, -0.1) is 0 Å². The van der Waals surface area contributed by atoms with Gasteiger partial charge in [0, 0.05) is 24.9 Å². The summed E-state index contributed by atoms with van der Waals surface area (Å²) in [6, 6.07) is 13.9. The Hall–Kier alpha value is -2.56. The van der Waals surface area contributed by atoms with E-state index in [-0.39, 0.29) is 18.9 Å². The molecule has 1 amide bonds. The number of carboxylic acid groups (broad SMARTS) is 1. The summed E-state index contributed by atoms with van der Waals surface area (Å²) >= 11 is 0. The number of amides is 1. The van der Waals surface area contributed by atoms with E-state index in [0.29, 0.717) is 26.0 Å². The second-order valence-electron chi connectivity index (χ2n) is 5.55. The molecule has 0 aliphatic carbocycles. The Kier molecular flexibility index (Phi) is 6.61. The van der Waals surface area contributed by atoms with E-state index in [4.69, 9.17) is 9.84 Å². The Morgan fingerprint density at radius 2 is 1.83 bits per heavy atom. The summed E-state index contributed by atoms with van der Waals surface area (Å²) in [5, 5.41) is 10.9. The van der Waals surface area contributed by atoms with Crippen molar-refractivity contribution in [3.05, 3.63) is 42.5 Å². The first kappa shape index (κ1) is 17.8. The van der Waals surface area contributed by atoms with Crippen LogP contribution in [0.15, 0.2) is 42.5 Å². The molecule has 2 aromatic rings. The van der Waals surface area contributed by atoms with E-state index in [9.17, 15) is 9.59 Å². The minimum absolute atomic E-state index is 0.0217. The number of nitrogens with zero attached hydrogens (tertiary/aromatic N) is 1. The highest BCUT2D eigenvalue weighted by atomic mass is 16.5. The first-order valence-corrected chi connectivity index (χ1v) is 8.22. The van der Waals surface area contributed by atoms with Crippen molar-refractivity contribution in [1.29, 1.82) is 0 Å². The van der Waals surface area contributed by atoms with Crippen molar-refractivity contribution in [3.63, 3.8) is 0 Å². The zero-order valence-electron chi connectivity index (χ0n) is 13.9. The van der Waals surface area contributed by atoms with Gasteiger partial charge in [0.2, 0.25) is 5.91 Å². The average molecular weight is 329 g/mol. The largest absolute Gasteiger partial charge is 0.493 e. The van der Waals surface area contributed by atoms with Gasteiger partial charge in [-0.25, -0.2) is 0 Å². The van der Waals surface area contributed by atoms with Gasteiger partial charge in [0.05, 0.1) is 13.0 Å². The summed E-state index contributed by atoms with van der Waals surface area (Å²) < 4.78 is 5.82. The molecule has 0 aliphatic heterocycles. The number of hydrogen-bond donors (Lipinski definition) is 1. The van der Waals surface area contributed by atoms with Gasteiger partial charge in [-0.1, -0.05) is 36.4 Å². The van der Waals surface area contributed by atoms with Crippen LogP contribution >= 0.6 is 0 Å². The molecule has 128 valence electrons. The molecule has 0 saturated heterocycles. The number of carboxylic acids is 1. The molecule has 0 heterocycles. The molecule has 2 rings (SSSR count). The van der Waals surface area contributed by atoms with Crippen LogP contribution in [0.2, 0.25) is 0 Å². The first-order chi connectivity index (χ1) is 11.6. The maximum Gasteiger partial charge on any atom is 0.305 e. The molecule has 2 aromatic carbocycles. The van der Waals surface area contributed by atoms with Crippen LogP contribution in [0.25, 0.3) is 10.8 Å². The molecular weight excluding hydrogens is 306 g/mol. The number of benzene rings is 2. The van der Waals surface area contributed by atoms with Crippen LogP contribution in [0.1, 0.15) is 26.2 Å². The third kappa shape index (κ3) is 4.98. The number of ether oxygens (including phenoxy) is 1. The fourth-order valence-corrected chi connectivity index (χ4v) is 2.57. The molecule has 0 aliphatic rings. The van der Waals surface area contributed by atoms with Crippen LogP contribution in [-0.4, -0.2) is 41.6 Å². The Morgan fingerprint density at radius 1 is 1.08 bits per heavy atom. The topological polar surface area (TPSA) is 66.8 Å². The van der Waals surface area contributed by atoms with Crippen molar-refractivity contribution in [1.82, 2.24) is 4.90 Å². The molecule has 0 atom stereocenters. The van der Waals surface area contributed by atoms with Crippen LogP contribution in [-0.2, 0) is 9.59 Å². The third-order valence-electron chi connectivity index (χ3n) is 3.87. The van der Waals surface area contributed by atoms with E-state index in [0.717, 1.165) is 16.5 Å². The van der Waals surface area contributed by atoms with Crippen LogP contribution in [0.4, 0.5) is 0 Å². The maximum absolute atomic E-state index is 12.1. The minimum atomic E-state index is -0.888. The Labute approximate surface area is 141 Å². The molecule has 5 nitrogen and oxygen atoms in total. The highest BCUT2D eigenvalue weighted by Gasteiger charge is 2.12. The SMILES string of the molecule is CCN(CCC(=O)O)C(=O)CCCOc1cccc2ccccc12. The van der Waals surface area contributed by atoms with Gasteiger partial charge in [0.25, 0.3) is 0 Å². The molecule has 0 spiro atoms. The smallest absolute Gasteiger partial charge is 0.305 e. The van der Waals surface area contributed by atoms with E-state index >= 15 is 0 Å². The van der Waals surface area contributed by atoms with Gasteiger partial charge in [0.1, 0.15) is 5.75 Å². The van der Waals surface area contributed by atoms with Gasteiger partial charge in [-0.3, -0.25) is 9.59 Å². The first-order valence-electron chi connectivity index (χ1n) is 8.22. The third-order valence-corrected chi connectivity index (χ3v) is 3.87. The Bertz CT molecular complexity index is 693. The van der Waals surface area contributed by atoms with E-state index in [1.54, 1.807) is 4.90 Å². The van der Waals surface area contributed by atoms with Crippen molar-refractivity contribution in [2.75, 3.05) is 19.7 Å². The van der Waals surface area contributed by atoms with E-state index in [2.05, 4.69) is 0 Å². The molecule has 0 radical (unpaired) electrons. The quantitative estimate of drug-likeness (QED) is 0.717. The molecule has 24 heavy (non-hydrogen) atoms. The lowest BCUT2D eigenvalue weighted by Crippen LogP contribution is -2.32. The van der Waals surface area contributed by atoms with Gasteiger partial charge < -0.3 is 14.7 Å². The van der Waals surface area contributed by atoms with Gasteiger partial charge in [-0.2, -0.15) is 0 Å². The van der Waals surface area contributed by atoms with Gasteiger partial charge in [-0.05, 0) is 24.8 Å². The summed E-state index contributed by atoms with van der Waals surface area (Å²) in [5.41, 5.74) is 0. The van der Waals surface area contributed by atoms with Crippen molar-refractivity contribution in [2.24, 2.45) is 0 Å². The highest BCUT2D eigenvalue weighted by Crippen LogP contribution is 2.25. The predicted octanol–water partition coefficient (Wildman–Crippen LogP) is 3.32. The van der Waals surface area contributed by atoms with Crippen molar-refractivity contribution < 1.29 is 19.4 Å². The molecule has 0 aromatic heterocycles. The average Bonchev–Trinajstić information content (AvgIpc) is 2.59. The minimum Gasteiger partial charge on any atom is -0.493 e. The summed E-state index contributed by atoms with van der Waals surface area (Å²) in [4.78, 5) is 24.3. The number of carbonyl (C=O) groups is 2. The predicted molar refractivity (Wildman–Crippen MR) is 93.2 cm³/mol. The Balaban J connectivity index is 1.81. The van der Waals surface area contributed by atoms with E-state index in [1.165, 1.54) is 0 Å². The molecular formula is C19H23NO4. The Morgan fingerprint density at radius 3 is 2.58 bits per heavy atom. The number of carbonyl (C=O) groups excluding carboxylic acids is 1. The second-order valence-corrected chi connectivity index (χ2v) is 5.55. The van der Waals surface area contributed by atoms with E-state index < -0.39 is 5.97 Å². The van der Waals surface area contributed by atoms with Crippen molar-refractivity contribution in [2.45, 2.75) is 26.2 Å². The lowest BCUT2D eigenvalue weighted by Gasteiger charge is -2.20. The second kappa shape index (κ2) is 8.91. The molecule has 0 bridgehead atoms. The number of aliphatic carboxylic acids is 1. The standard InChI is InChI=1S/C19H23NO4/c1-2-20(13-12-19(22)23)18(21)11-6-14-24-17-10-5-8-15-7-3-4-9-16(15)17/h3-5,7-10H,2,6,11-14H2,1H3,(H,22,23).